The second-order valence-corrected chi connectivity index (χ2v) is 16.7. The molecule has 0 aromatic carbocycles. The standard InChI is InChI=1S/C14H18GeO5/c1-14(2)19-12(16)10(13(17)20-14)8-9-6-7-11(18-9)15(3,4)5/h6-8H,1-5H3. The van der Waals surface area contributed by atoms with E-state index >= 15 is 0 Å². The van der Waals surface area contributed by atoms with Gasteiger partial charge in [-0.25, -0.2) is 0 Å². The molecule has 5 nitrogen and oxygen atoms in total. The molecule has 1 fully saturated rings. The fourth-order valence-electron chi connectivity index (χ4n) is 1.75. The maximum absolute atomic E-state index is 11.8. The van der Waals surface area contributed by atoms with Gasteiger partial charge in [-0.15, -0.1) is 0 Å². The van der Waals surface area contributed by atoms with Crippen LogP contribution in [0.15, 0.2) is 22.1 Å². The Morgan fingerprint density at radius 1 is 1.05 bits per heavy atom. The van der Waals surface area contributed by atoms with E-state index in [0.29, 0.717) is 5.76 Å². The van der Waals surface area contributed by atoms with Crippen molar-refractivity contribution in [3.63, 3.8) is 0 Å². The zero-order valence-electron chi connectivity index (χ0n) is 12.3. The van der Waals surface area contributed by atoms with Gasteiger partial charge < -0.3 is 0 Å². The Morgan fingerprint density at radius 2 is 1.60 bits per heavy atom. The number of carbonyl (C=O) groups is 2. The minimum atomic E-state index is -2.06. The van der Waals surface area contributed by atoms with Crippen molar-refractivity contribution in [2.75, 3.05) is 0 Å². The number of furan rings is 1. The van der Waals surface area contributed by atoms with Gasteiger partial charge in [-0.05, 0) is 0 Å². The molecular weight excluding hydrogens is 321 g/mol. The molecule has 0 N–H and O–H groups in total. The zero-order valence-corrected chi connectivity index (χ0v) is 14.4. The first-order valence-corrected chi connectivity index (χ1v) is 13.7. The van der Waals surface area contributed by atoms with Crippen LogP contribution in [0.3, 0.4) is 0 Å². The summed E-state index contributed by atoms with van der Waals surface area (Å²) in [5.41, 5.74) is -0.147. The van der Waals surface area contributed by atoms with Crippen LogP contribution in [0.2, 0.25) is 17.3 Å². The second kappa shape index (κ2) is 4.80. The molecule has 0 radical (unpaired) electrons. The number of carbonyl (C=O) groups excluding carboxylic acids is 2. The maximum atomic E-state index is 11.8. The molecule has 1 aromatic heterocycles. The van der Waals surface area contributed by atoms with Crippen molar-refractivity contribution in [2.45, 2.75) is 36.9 Å². The fraction of sp³-hybridized carbons (Fsp3) is 0.429. The predicted octanol–water partition coefficient (Wildman–Crippen LogP) is 2.04. The van der Waals surface area contributed by atoms with Gasteiger partial charge in [0.05, 0.1) is 0 Å². The van der Waals surface area contributed by atoms with Crippen LogP contribution in [0, 0.1) is 0 Å². The fourth-order valence-corrected chi connectivity index (χ4v) is 3.87. The first-order valence-electron chi connectivity index (χ1n) is 6.37. The van der Waals surface area contributed by atoms with Crippen molar-refractivity contribution in [3.8, 4) is 0 Å². The number of hydrogen-bond acceptors (Lipinski definition) is 5. The third-order valence-electron chi connectivity index (χ3n) is 2.77. The molecule has 108 valence electrons. The van der Waals surface area contributed by atoms with Crippen LogP contribution < -0.4 is 4.59 Å². The van der Waals surface area contributed by atoms with Gasteiger partial charge in [0.25, 0.3) is 0 Å². The van der Waals surface area contributed by atoms with Crippen molar-refractivity contribution in [2.24, 2.45) is 0 Å². The van der Waals surface area contributed by atoms with Gasteiger partial charge in [-0.1, -0.05) is 0 Å². The molecule has 2 rings (SSSR count). The first-order chi connectivity index (χ1) is 9.08. The summed E-state index contributed by atoms with van der Waals surface area (Å²) < 4.78 is 16.7. The van der Waals surface area contributed by atoms with Crippen LogP contribution in [0.25, 0.3) is 6.08 Å². The van der Waals surface area contributed by atoms with Crippen molar-refractivity contribution in [1.29, 1.82) is 0 Å². The van der Waals surface area contributed by atoms with Crippen molar-refractivity contribution in [3.05, 3.63) is 23.5 Å². The molecule has 0 aliphatic carbocycles. The zero-order chi connectivity index (χ0) is 15.1. The van der Waals surface area contributed by atoms with Crippen LogP contribution in [0.1, 0.15) is 19.6 Å². The number of hydrogen-bond donors (Lipinski definition) is 0. The topological polar surface area (TPSA) is 65.7 Å². The van der Waals surface area contributed by atoms with Crippen molar-refractivity contribution >= 4 is 35.9 Å². The van der Waals surface area contributed by atoms with Crippen LogP contribution in [0.5, 0.6) is 0 Å². The van der Waals surface area contributed by atoms with E-state index in [4.69, 9.17) is 13.9 Å². The van der Waals surface area contributed by atoms with Crippen LogP contribution in [0.4, 0.5) is 0 Å². The van der Waals surface area contributed by atoms with E-state index in [-0.39, 0.29) is 5.57 Å². The van der Waals surface area contributed by atoms with E-state index < -0.39 is 31.0 Å². The summed E-state index contributed by atoms with van der Waals surface area (Å²) >= 11 is -2.06. The van der Waals surface area contributed by atoms with E-state index in [1.807, 2.05) is 6.07 Å². The van der Waals surface area contributed by atoms with Crippen LogP contribution in [-0.4, -0.2) is 31.0 Å². The van der Waals surface area contributed by atoms with Crippen molar-refractivity contribution in [1.82, 2.24) is 0 Å². The summed E-state index contributed by atoms with van der Waals surface area (Å²) in [5, 5.41) is 0. The monoisotopic (exact) mass is 340 g/mol. The Hall–Kier alpha value is -1.50. The van der Waals surface area contributed by atoms with E-state index in [9.17, 15) is 9.59 Å². The SMILES string of the molecule is CC1(C)OC(=O)C(=Cc2cc[c]([Ge]([CH3])([CH3])[CH3])o2)C(=O)O1. The summed E-state index contributed by atoms with van der Waals surface area (Å²) in [6, 6.07) is 3.65. The number of rotatable bonds is 2. The molecule has 6 heteroatoms. The Bertz CT molecular complexity index is 567. The van der Waals surface area contributed by atoms with Crippen molar-refractivity contribution < 1.29 is 23.5 Å². The van der Waals surface area contributed by atoms with Gasteiger partial charge in [0.1, 0.15) is 0 Å². The summed E-state index contributed by atoms with van der Waals surface area (Å²) in [6.45, 7) is 3.02. The minimum absolute atomic E-state index is 0.147. The number of esters is 2. The van der Waals surface area contributed by atoms with E-state index in [1.165, 1.54) is 19.9 Å². The summed E-state index contributed by atoms with van der Waals surface area (Å²) in [7, 11) is 0. The first kappa shape index (κ1) is 14.9. The molecule has 1 aromatic rings. The molecule has 0 bridgehead atoms. The Morgan fingerprint density at radius 3 is 2.05 bits per heavy atom. The third-order valence-corrected chi connectivity index (χ3v) is 6.43. The average Bonchev–Trinajstić information content (AvgIpc) is 2.70. The molecule has 0 atom stereocenters. The Labute approximate surface area is 120 Å². The normalized spacial score (nSPS) is 18.6. The molecule has 0 unspecified atom stereocenters. The number of ether oxygens (including phenoxy) is 2. The van der Waals surface area contributed by atoms with Gasteiger partial charge >= 0.3 is 120 Å². The molecular formula is C14H18GeO5. The van der Waals surface area contributed by atoms with Gasteiger partial charge in [0.15, 0.2) is 0 Å². The molecule has 0 spiro atoms. The molecule has 0 amide bonds. The molecule has 0 saturated carbocycles. The summed E-state index contributed by atoms with van der Waals surface area (Å²) in [4.78, 5) is 23.6. The van der Waals surface area contributed by atoms with Gasteiger partial charge in [-0.3, -0.25) is 0 Å². The van der Waals surface area contributed by atoms with Gasteiger partial charge in [0.2, 0.25) is 0 Å². The quantitative estimate of drug-likeness (QED) is 0.357. The molecule has 1 aliphatic rings. The second-order valence-electron chi connectivity index (χ2n) is 6.19. The molecule has 1 saturated heterocycles. The Balaban J connectivity index is 2.29. The van der Waals surface area contributed by atoms with E-state index in [2.05, 4.69) is 17.3 Å². The van der Waals surface area contributed by atoms with Crippen LogP contribution >= 0.6 is 0 Å². The molecule has 20 heavy (non-hydrogen) atoms. The summed E-state index contributed by atoms with van der Waals surface area (Å²) in [6.07, 6.45) is 1.37. The predicted molar refractivity (Wildman–Crippen MR) is 75.9 cm³/mol. The van der Waals surface area contributed by atoms with Gasteiger partial charge in [0, 0.05) is 0 Å². The average molecular weight is 339 g/mol. The van der Waals surface area contributed by atoms with E-state index in [0.717, 1.165) is 4.59 Å². The Kier molecular flexibility index (Phi) is 3.58. The molecule has 1 aliphatic heterocycles. The molecule has 2 heterocycles. The van der Waals surface area contributed by atoms with Gasteiger partial charge in [-0.2, -0.15) is 0 Å². The number of cyclic esters (lactones) is 2. The summed E-state index contributed by atoms with van der Waals surface area (Å²) in [5.74, 6) is 4.44. The van der Waals surface area contributed by atoms with E-state index in [1.54, 1.807) is 6.07 Å². The van der Waals surface area contributed by atoms with Crippen LogP contribution in [-0.2, 0) is 19.1 Å². The third kappa shape index (κ3) is 3.15.